The summed E-state index contributed by atoms with van der Waals surface area (Å²) in [7, 11) is 0. The van der Waals surface area contributed by atoms with Crippen molar-refractivity contribution in [3.63, 3.8) is 0 Å². The molecule has 82 valence electrons. The van der Waals surface area contributed by atoms with Crippen LogP contribution in [0.3, 0.4) is 0 Å². The third-order valence-electron chi connectivity index (χ3n) is 1.39. The van der Waals surface area contributed by atoms with Crippen LogP contribution in [0.25, 0.3) is 0 Å². The number of benzene rings is 1. The van der Waals surface area contributed by atoms with Crippen molar-refractivity contribution in [2.75, 3.05) is 6.54 Å². The monoisotopic (exact) mass is 209 g/mol. The van der Waals surface area contributed by atoms with Crippen LogP contribution in [0.15, 0.2) is 29.3 Å². The molecule has 1 aromatic carbocycles. The Balaban J connectivity index is 0.000000921. The first-order valence-corrected chi connectivity index (χ1v) is 4.70. The van der Waals surface area contributed by atoms with E-state index in [0.29, 0.717) is 5.56 Å². The number of rotatable bonds is 3. The number of nitrogens with zero attached hydrogens (tertiary/aromatic N) is 1. The lowest BCUT2D eigenvalue weighted by Crippen LogP contribution is -1.99. The fourth-order valence-corrected chi connectivity index (χ4v) is 0.819. The van der Waals surface area contributed by atoms with Crippen LogP contribution in [0.2, 0.25) is 0 Å². The van der Waals surface area contributed by atoms with Gasteiger partial charge in [0.05, 0.1) is 0 Å². The quantitative estimate of drug-likeness (QED) is 0.747. The summed E-state index contributed by atoms with van der Waals surface area (Å²) < 4.78 is 0. The molecular formula is C11H15NO3. The van der Waals surface area contributed by atoms with Crippen molar-refractivity contribution >= 4 is 12.2 Å². The fourth-order valence-electron chi connectivity index (χ4n) is 0.819. The number of aromatic hydroxyl groups is 1. The van der Waals surface area contributed by atoms with Crippen LogP contribution in [-0.2, 0) is 4.79 Å². The summed E-state index contributed by atoms with van der Waals surface area (Å²) in [6.07, 6.45) is 1.34. The Labute approximate surface area is 88.9 Å². The minimum absolute atomic E-state index is 0.0941. The molecule has 0 bridgehead atoms. The summed E-state index contributed by atoms with van der Waals surface area (Å²) in [5, 5.41) is 17.5. The maximum absolute atomic E-state index is 10.1. The molecule has 0 spiro atoms. The molecule has 0 heterocycles. The second kappa shape index (κ2) is 7.55. The molecule has 4 nitrogen and oxygen atoms in total. The summed E-state index contributed by atoms with van der Waals surface area (Å²) in [6.45, 7) is 3.72. The van der Waals surface area contributed by atoms with E-state index in [2.05, 4.69) is 4.99 Å². The number of carboxylic acid groups (broad SMARTS) is 1. The molecule has 15 heavy (non-hydrogen) atoms. The lowest BCUT2D eigenvalue weighted by atomic mass is 10.2. The lowest BCUT2D eigenvalue weighted by molar-refractivity contribution is -0.135. The molecule has 0 amide bonds. The Hall–Kier alpha value is -1.84. The Morgan fingerprint density at radius 2 is 2.00 bits per heavy atom. The maximum Gasteiger partial charge on any atom is 0.325 e. The van der Waals surface area contributed by atoms with Crippen molar-refractivity contribution in [2.45, 2.75) is 13.8 Å². The molecule has 0 aliphatic carbocycles. The van der Waals surface area contributed by atoms with E-state index in [-0.39, 0.29) is 12.3 Å². The van der Waals surface area contributed by atoms with Gasteiger partial charge in [0.1, 0.15) is 12.3 Å². The van der Waals surface area contributed by atoms with Crippen LogP contribution < -0.4 is 0 Å². The van der Waals surface area contributed by atoms with Gasteiger partial charge in [0.2, 0.25) is 0 Å². The Morgan fingerprint density at radius 3 is 2.53 bits per heavy atom. The first kappa shape index (κ1) is 13.2. The molecule has 0 atom stereocenters. The van der Waals surface area contributed by atoms with Crippen molar-refractivity contribution < 1.29 is 15.0 Å². The molecule has 0 radical (unpaired) electrons. The molecule has 0 aliphatic rings. The SMILES string of the molecule is CC.O=C(O)CN=Cc1ccccc1O. The van der Waals surface area contributed by atoms with E-state index in [1.165, 1.54) is 12.3 Å². The molecule has 0 saturated heterocycles. The average molecular weight is 209 g/mol. The van der Waals surface area contributed by atoms with Gasteiger partial charge in [-0.1, -0.05) is 26.0 Å². The summed E-state index contributed by atoms with van der Waals surface area (Å²) in [4.78, 5) is 13.7. The van der Waals surface area contributed by atoms with Crippen LogP contribution in [0, 0.1) is 0 Å². The summed E-state index contributed by atoms with van der Waals surface area (Å²) in [6, 6.07) is 6.59. The summed E-state index contributed by atoms with van der Waals surface area (Å²) in [5.41, 5.74) is 0.517. The highest BCUT2D eigenvalue weighted by Gasteiger charge is 1.95. The van der Waals surface area contributed by atoms with Gasteiger partial charge >= 0.3 is 5.97 Å². The second-order valence-corrected chi connectivity index (χ2v) is 2.42. The number of aliphatic imine (C=N–C) groups is 1. The Bertz CT molecular complexity index is 334. The van der Waals surface area contributed by atoms with E-state index >= 15 is 0 Å². The van der Waals surface area contributed by atoms with Crippen molar-refractivity contribution in [2.24, 2.45) is 4.99 Å². The predicted molar refractivity (Wildman–Crippen MR) is 59.6 cm³/mol. The zero-order chi connectivity index (χ0) is 11.7. The number of carboxylic acids is 1. The molecule has 1 rings (SSSR count). The van der Waals surface area contributed by atoms with E-state index in [4.69, 9.17) is 5.11 Å². The number of hydrogen-bond acceptors (Lipinski definition) is 3. The first-order chi connectivity index (χ1) is 7.20. The van der Waals surface area contributed by atoms with Crippen LogP contribution in [0.4, 0.5) is 0 Å². The van der Waals surface area contributed by atoms with E-state index in [1.54, 1.807) is 18.2 Å². The van der Waals surface area contributed by atoms with Gasteiger partial charge in [-0.25, -0.2) is 0 Å². The van der Waals surface area contributed by atoms with Gasteiger partial charge in [0.25, 0.3) is 0 Å². The van der Waals surface area contributed by atoms with Crippen molar-refractivity contribution in [3.05, 3.63) is 29.8 Å². The van der Waals surface area contributed by atoms with Gasteiger partial charge in [0.15, 0.2) is 0 Å². The van der Waals surface area contributed by atoms with Crippen LogP contribution in [0.5, 0.6) is 5.75 Å². The first-order valence-electron chi connectivity index (χ1n) is 4.70. The van der Waals surface area contributed by atoms with Crippen molar-refractivity contribution in [3.8, 4) is 5.75 Å². The second-order valence-electron chi connectivity index (χ2n) is 2.42. The number of hydrogen-bond donors (Lipinski definition) is 2. The van der Waals surface area contributed by atoms with E-state index in [1.807, 2.05) is 13.8 Å². The van der Waals surface area contributed by atoms with Crippen molar-refractivity contribution in [1.29, 1.82) is 0 Å². The molecule has 0 fully saturated rings. The predicted octanol–water partition coefficient (Wildman–Crippen LogP) is 1.92. The minimum Gasteiger partial charge on any atom is -0.507 e. The van der Waals surface area contributed by atoms with Gasteiger partial charge in [0, 0.05) is 11.8 Å². The van der Waals surface area contributed by atoms with E-state index < -0.39 is 5.97 Å². The number of carbonyl (C=O) groups is 1. The Morgan fingerprint density at radius 1 is 1.40 bits per heavy atom. The standard InChI is InChI=1S/C9H9NO3.C2H6/c11-8-4-2-1-3-7(8)5-10-6-9(12)13;1-2/h1-5,11H,6H2,(H,12,13);1-2H3. The third kappa shape index (κ3) is 5.46. The van der Waals surface area contributed by atoms with Gasteiger partial charge < -0.3 is 10.2 Å². The maximum atomic E-state index is 10.1. The number of phenols is 1. The molecular weight excluding hydrogens is 194 g/mol. The molecule has 0 unspecified atom stereocenters. The number of aliphatic carboxylic acids is 1. The largest absolute Gasteiger partial charge is 0.507 e. The fraction of sp³-hybridized carbons (Fsp3) is 0.273. The third-order valence-corrected chi connectivity index (χ3v) is 1.39. The van der Waals surface area contributed by atoms with Gasteiger partial charge in [-0.15, -0.1) is 0 Å². The van der Waals surface area contributed by atoms with Crippen LogP contribution in [0.1, 0.15) is 19.4 Å². The molecule has 4 heteroatoms. The smallest absolute Gasteiger partial charge is 0.325 e. The highest BCUT2D eigenvalue weighted by atomic mass is 16.4. The van der Waals surface area contributed by atoms with Gasteiger partial charge in [-0.05, 0) is 12.1 Å². The minimum atomic E-state index is -0.994. The zero-order valence-electron chi connectivity index (χ0n) is 8.84. The molecule has 2 N–H and O–H groups in total. The lowest BCUT2D eigenvalue weighted by Gasteiger charge is -1.95. The normalized spacial score (nSPS) is 9.47. The molecule has 0 aliphatic heterocycles. The Kier molecular flexibility index (Phi) is 6.63. The molecule has 1 aromatic rings. The zero-order valence-corrected chi connectivity index (χ0v) is 8.84. The van der Waals surface area contributed by atoms with E-state index in [0.717, 1.165) is 0 Å². The van der Waals surface area contributed by atoms with Crippen LogP contribution in [-0.4, -0.2) is 28.9 Å². The topological polar surface area (TPSA) is 69.9 Å². The van der Waals surface area contributed by atoms with E-state index in [9.17, 15) is 9.90 Å². The number of para-hydroxylation sites is 1. The summed E-state index contributed by atoms with van der Waals surface area (Å²) in [5.74, 6) is -0.900. The number of phenolic OH excluding ortho intramolecular Hbond substituents is 1. The van der Waals surface area contributed by atoms with Crippen molar-refractivity contribution in [1.82, 2.24) is 0 Å². The van der Waals surface area contributed by atoms with Gasteiger partial charge in [-0.3, -0.25) is 9.79 Å². The highest BCUT2D eigenvalue weighted by molar-refractivity contribution is 5.84. The van der Waals surface area contributed by atoms with Crippen LogP contribution >= 0.6 is 0 Å². The molecule has 0 aromatic heterocycles. The summed E-state index contributed by atoms with van der Waals surface area (Å²) >= 11 is 0. The van der Waals surface area contributed by atoms with Gasteiger partial charge in [-0.2, -0.15) is 0 Å². The molecule has 0 saturated carbocycles. The average Bonchev–Trinajstić information content (AvgIpc) is 2.23. The highest BCUT2D eigenvalue weighted by Crippen LogP contribution is 2.12.